The first-order chi connectivity index (χ1) is 7.93. The van der Waals surface area contributed by atoms with Gasteiger partial charge >= 0.3 is 0 Å². The molecule has 0 saturated heterocycles. The van der Waals surface area contributed by atoms with Crippen molar-refractivity contribution >= 4 is 5.91 Å². The molecule has 1 rings (SSSR count). The summed E-state index contributed by atoms with van der Waals surface area (Å²) in [5, 5.41) is 2.80. The van der Waals surface area contributed by atoms with Gasteiger partial charge in [-0.25, -0.2) is 0 Å². The third-order valence-corrected chi connectivity index (χ3v) is 3.17. The summed E-state index contributed by atoms with van der Waals surface area (Å²) in [6, 6.07) is 0. The maximum Gasteiger partial charge on any atom is 0.243 e. The van der Waals surface area contributed by atoms with Crippen LogP contribution in [0.3, 0.4) is 0 Å². The molecule has 3 nitrogen and oxygen atoms in total. The van der Waals surface area contributed by atoms with E-state index in [2.05, 4.69) is 43.6 Å². The molecule has 3 heteroatoms. The average Bonchev–Trinajstić information content (AvgIpc) is 2.28. The third kappa shape index (κ3) is 4.73. The highest BCUT2D eigenvalue weighted by Gasteiger charge is 2.20. The molecule has 1 aliphatic heterocycles. The number of hydrogen-bond donors (Lipinski definition) is 1. The van der Waals surface area contributed by atoms with Crippen LogP contribution in [0.25, 0.3) is 0 Å². The lowest BCUT2D eigenvalue weighted by atomic mass is 9.83. The van der Waals surface area contributed by atoms with Gasteiger partial charge in [0.2, 0.25) is 5.91 Å². The van der Waals surface area contributed by atoms with Gasteiger partial charge in [-0.3, -0.25) is 9.69 Å². The van der Waals surface area contributed by atoms with Crippen molar-refractivity contribution < 1.29 is 4.79 Å². The predicted molar refractivity (Wildman–Crippen MR) is 71.8 cm³/mol. The second-order valence-corrected chi connectivity index (χ2v) is 5.53. The molecule has 1 amide bonds. The predicted octanol–water partition coefficient (Wildman–Crippen LogP) is 1.97. The van der Waals surface area contributed by atoms with Crippen LogP contribution in [-0.4, -0.2) is 37.0 Å². The number of amides is 1. The van der Waals surface area contributed by atoms with Gasteiger partial charge in [-0.15, -0.1) is 0 Å². The van der Waals surface area contributed by atoms with Crippen molar-refractivity contribution in [1.29, 1.82) is 0 Å². The number of hydrogen-bond acceptors (Lipinski definition) is 2. The molecule has 0 radical (unpaired) electrons. The smallest absolute Gasteiger partial charge is 0.243 e. The van der Waals surface area contributed by atoms with Crippen LogP contribution in [0, 0.1) is 5.41 Å². The summed E-state index contributed by atoms with van der Waals surface area (Å²) < 4.78 is 0. The summed E-state index contributed by atoms with van der Waals surface area (Å²) in [5.41, 5.74) is 1.84. The molecule has 0 saturated carbocycles. The molecule has 0 spiro atoms. The molecule has 0 aromatic carbocycles. The van der Waals surface area contributed by atoms with E-state index >= 15 is 0 Å². The van der Waals surface area contributed by atoms with Gasteiger partial charge in [0.1, 0.15) is 0 Å². The molecule has 0 aliphatic carbocycles. The molecule has 17 heavy (non-hydrogen) atoms. The molecule has 0 fully saturated rings. The van der Waals surface area contributed by atoms with Gasteiger partial charge in [0.25, 0.3) is 0 Å². The van der Waals surface area contributed by atoms with Crippen LogP contribution >= 0.6 is 0 Å². The highest BCUT2D eigenvalue weighted by Crippen LogP contribution is 2.29. The fourth-order valence-electron chi connectivity index (χ4n) is 2.00. The standard InChI is InChI=1S/C14H24N2O/c1-5-13(17)15-8-11-16-9-6-12(7-10-16)14(2,3)4/h5-6H,1,7-11H2,2-4H3,(H,15,17). The van der Waals surface area contributed by atoms with Crippen LogP contribution in [0.2, 0.25) is 0 Å². The van der Waals surface area contributed by atoms with Crippen molar-refractivity contribution in [3.8, 4) is 0 Å². The second-order valence-electron chi connectivity index (χ2n) is 5.53. The number of carbonyl (C=O) groups excluding carboxylic acids is 1. The Bertz CT molecular complexity index is 313. The summed E-state index contributed by atoms with van der Waals surface area (Å²) >= 11 is 0. The van der Waals surface area contributed by atoms with Crippen molar-refractivity contribution in [3.63, 3.8) is 0 Å². The Morgan fingerprint density at radius 2 is 2.29 bits per heavy atom. The largest absolute Gasteiger partial charge is 0.351 e. The first-order valence-corrected chi connectivity index (χ1v) is 6.25. The summed E-state index contributed by atoms with van der Waals surface area (Å²) in [6.45, 7) is 13.9. The quantitative estimate of drug-likeness (QED) is 0.598. The van der Waals surface area contributed by atoms with E-state index in [9.17, 15) is 4.79 Å². The van der Waals surface area contributed by atoms with E-state index in [1.54, 1.807) is 5.57 Å². The van der Waals surface area contributed by atoms with E-state index in [4.69, 9.17) is 0 Å². The molecule has 0 aromatic rings. The van der Waals surface area contributed by atoms with Gasteiger partial charge < -0.3 is 5.32 Å². The molecule has 1 heterocycles. The Labute approximate surface area is 105 Å². The van der Waals surface area contributed by atoms with Crippen LogP contribution in [-0.2, 0) is 4.79 Å². The zero-order chi connectivity index (χ0) is 12.9. The number of nitrogens with zero attached hydrogens (tertiary/aromatic N) is 1. The Hall–Kier alpha value is -1.09. The van der Waals surface area contributed by atoms with Gasteiger partial charge in [0.05, 0.1) is 0 Å². The zero-order valence-electron chi connectivity index (χ0n) is 11.3. The molecular formula is C14H24N2O. The van der Waals surface area contributed by atoms with Crippen LogP contribution in [0.4, 0.5) is 0 Å². The molecule has 96 valence electrons. The Morgan fingerprint density at radius 1 is 1.59 bits per heavy atom. The monoisotopic (exact) mass is 236 g/mol. The summed E-state index contributed by atoms with van der Waals surface area (Å²) in [7, 11) is 0. The molecule has 0 atom stereocenters. The number of nitrogens with one attached hydrogen (secondary N) is 1. The van der Waals surface area contributed by atoms with Crippen molar-refractivity contribution in [1.82, 2.24) is 10.2 Å². The fraction of sp³-hybridized carbons (Fsp3) is 0.643. The summed E-state index contributed by atoms with van der Waals surface area (Å²) in [4.78, 5) is 13.3. The van der Waals surface area contributed by atoms with E-state index in [0.29, 0.717) is 12.0 Å². The van der Waals surface area contributed by atoms with Crippen LogP contribution in [0.1, 0.15) is 27.2 Å². The zero-order valence-corrected chi connectivity index (χ0v) is 11.3. The summed E-state index contributed by atoms with van der Waals surface area (Å²) in [6.07, 6.45) is 4.78. The topological polar surface area (TPSA) is 32.3 Å². The van der Waals surface area contributed by atoms with Crippen LogP contribution < -0.4 is 5.32 Å². The minimum Gasteiger partial charge on any atom is -0.351 e. The van der Waals surface area contributed by atoms with Crippen molar-refractivity contribution in [3.05, 3.63) is 24.3 Å². The lowest BCUT2D eigenvalue weighted by molar-refractivity contribution is -0.116. The lowest BCUT2D eigenvalue weighted by Crippen LogP contribution is -2.37. The molecular weight excluding hydrogens is 212 g/mol. The molecule has 0 unspecified atom stereocenters. The highest BCUT2D eigenvalue weighted by molar-refractivity contribution is 5.86. The van der Waals surface area contributed by atoms with Gasteiger partial charge in [-0.2, -0.15) is 0 Å². The first-order valence-electron chi connectivity index (χ1n) is 6.25. The first kappa shape index (κ1) is 14.0. The minimum absolute atomic E-state index is 0.0899. The Balaban J connectivity index is 2.30. The van der Waals surface area contributed by atoms with E-state index in [1.165, 1.54) is 6.08 Å². The molecule has 0 aromatic heterocycles. The van der Waals surface area contributed by atoms with E-state index in [-0.39, 0.29) is 5.91 Å². The van der Waals surface area contributed by atoms with Gasteiger partial charge in [-0.1, -0.05) is 39.0 Å². The van der Waals surface area contributed by atoms with Gasteiger partial charge in [0.15, 0.2) is 0 Å². The second kappa shape index (κ2) is 6.01. The lowest BCUT2D eigenvalue weighted by Gasteiger charge is -2.32. The minimum atomic E-state index is -0.0899. The highest BCUT2D eigenvalue weighted by atomic mass is 16.1. The normalized spacial score (nSPS) is 17.5. The Morgan fingerprint density at radius 3 is 2.76 bits per heavy atom. The van der Waals surface area contributed by atoms with E-state index in [0.717, 1.165) is 26.1 Å². The Kier molecular flexibility index (Phi) is 4.94. The van der Waals surface area contributed by atoms with Crippen LogP contribution in [0.15, 0.2) is 24.3 Å². The molecule has 1 aliphatic rings. The summed E-state index contributed by atoms with van der Waals surface area (Å²) in [5.74, 6) is -0.0899. The van der Waals surface area contributed by atoms with Gasteiger partial charge in [0, 0.05) is 26.2 Å². The number of rotatable bonds is 4. The van der Waals surface area contributed by atoms with Crippen molar-refractivity contribution in [2.24, 2.45) is 5.41 Å². The molecule has 1 N–H and O–H groups in total. The fourth-order valence-corrected chi connectivity index (χ4v) is 2.00. The maximum atomic E-state index is 11.0. The van der Waals surface area contributed by atoms with Crippen LogP contribution in [0.5, 0.6) is 0 Å². The number of carbonyl (C=O) groups is 1. The van der Waals surface area contributed by atoms with E-state index in [1.807, 2.05) is 0 Å². The average molecular weight is 236 g/mol. The molecule has 0 bridgehead atoms. The SMILES string of the molecule is C=CC(=O)NCCN1CC=C(C(C)(C)C)CC1. The van der Waals surface area contributed by atoms with Crippen molar-refractivity contribution in [2.75, 3.05) is 26.2 Å². The van der Waals surface area contributed by atoms with E-state index < -0.39 is 0 Å². The maximum absolute atomic E-state index is 11.0. The third-order valence-electron chi connectivity index (χ3n) is 3.17. The van der Waals surface area contributed by atoms with Gasteiger partial charge in [-0.05, 0) is 17.9 Å². The van der Waals surface area contributed by atoms with Crippen molar-refractivity contribution in [2.45, 2.75) is 27.2 Å².